The largest absolute Gasteiger partial charge is 0.341 e. The Hall–Kier alpha value is -0.520. The van der Waals surface area contributed by atoms with E-state index in [0.717, 1.165) is 35.5 Å². The Morgan fingerprint density at radius 3 is 2.50 bits per heavy atom. The minimum absolute atomic E-state index is 0.0111. The number of nitrogens with one attached hydrogen (secondary N) is 1. The van der Waals surface area contributed by atoms with Crippen LogP contribution in [0.1, 0.15) is 6.92 Å². The number of rotatable bonds is 3. The molecule has 0 spiro atoms. The number of fused-ring (bicyclic) bond motifs is 1. The molecule has 0 radical (unpaired) electrons. The van der Waals surface area contributed by atoms with Gasteiger partial charge in [-0.1, -0.05) is 15.9 Å². The normalized spacial score (nSPS) is 26.6. The smallest absolute Gasteiger partial charge is 0.235 e. The fourth-order valence-corrected chi connectivity index (χ4v) is 4.28. The summed E-state index contributed by atoms with van der Waals surface area (Å²) >= 11 is 5.08. The van der Waals surface area contributed by atoms with E-state index in [1.54, 1.807) is 11.8 Å². The van der Waals surface area contributed by atoms with E-state index < -0.39 is 0 Å². The van der Waals surface area contributed by atoms with Gasteiger partial charge in [0.2, 0.25) is 5.91 Å². The molecular formula is C15H19BrN2OS. The Morgan fingerprint density at radius 2 is 1.90 bits per heavy atom. The van der Waals surface area contributed by atoms with E-state index in [0.29, 0.717) is 11.8 Å². The van der Waals surface area contributed by atoms with Gasteiger partial charge in [-0.3, -0.25) is 4.79 Å². The van der Waals surface area contributed by atoms with Gasteiger partial charge in [0.25, 0.3) is 0 Å². The van der Waals surface area contributed by atoms with Gasteiger partial charge in [0, 0.05) is 35.5 Å². The predicted molar refractivity (Wildman–Crippen MR) is 85.9 cm³/mol. The van der Waals surface area contributed by atoms with Gasteiger partial charge in [0.1, 0.15) is 0 Å². The van der Waals surface area contributed by atoms with Gasteiger partial charge in [-0.05, 0) is 43.0 Å². The predicted octanol–water partition coefficient (Wildman–Crippen LogP) is 2.61. The molecule has 3 rings (SSSR count). The first kappa shape index (κ1) is 14.4. The molecule has 3 atom stereocenters. The summed E-state index contributed by atoms with van der Waals surface area (Å²) in [4.78, 5) is 15.7. The van der Waals surface area contributed by atoms with E-state index >= 15 is 0 Å². The SMILES string of the molecule is CC(Sc1ccc(Br)cc1)C(=O)N1C[C@H]2CNC[C@H]2C1. The monoisotopic (exact) mass is 354 g/mol. The molecule has 1 unspecified atom stereocenters. The summed E-state index contributed by atoms with van der Waals surface area (Å²) in [7, 11) is 0. The van der Waals surface area contributed by atoms with Crippen molar-refractivity contribution >= 4 is 33.6 Å². The van der Waals surface area contributed by atoms with Crippen molar-refractivity contribution in [2.75, 3.05) is 26.2 Å². The van der Waals surface area contributed by atoms with Crippen LogP contribution in [0.25, 0.3) is 0 Å². The molecule has 0 saturated carbocycles. The minimum atomic E-state index is -0.0111. The average molecular weight is 355 g/mol. The first-order valence-corrected chi connectivity index (χ1v) is 8.72. The lowest BCUT2D eigenvalue weighted by Gasteiger charge is -2.21. The van der Waals surface area contributed by atoms with Crippen LogP contribution in [-0.2, 0) is 4.79 Å². The Balaban J connectivity index is 1.58. The molecule has 2 fully saturated rings. The molecule has 2 aliphatic rings. The van der Waals surface area contributed by atoms with Gasteiger partial charge < -0.3 is 10.2 Å². The molecule has 3 nitrogen and oxygen atoms in total. The van der Waals surface area contributed by atoms with E-state index in [1.807, 2.05) is 19.1 Å². The van der Waals surface area contributed by atoms with Crippen LogP contribution in [0.5, 0.6) is 0 Å². The summed E-state index contributed by atoms with van der Waals surface area (Å²) in [6.45, 7) is 6.02. The van der Waals surface area contributed by atoms with Crippen LogP contribution < -0.4 is 5.32 Å². The van der Waals surface area contributed by atoms with Gasteiger partial charge in [-0.2, -0.15) is 0 Å². The summed E-state index contributed by atoms with van der Waals surface area (Å²) in [6, 6.07) is 8.15. The molecule has 0 aromatic heterocycles. The molecule has 2 aliphatic heterocycles. The third-order valence-electron chi connectivity index (χ3n) is 4.18. The van der Waals surface area contributed by atoms with Crippen molar-refractivity contribution in [3.05, 3.63) is 28.7 Å². The summed E-state index contributed by atoms with van der Waals surface area (Å²) in [5.74, 6) is 1.62. The summed E-state index contributed by atoms with van der Waals surface area (Å²) in [5.41, 5.74) is 0. The second-order valence-electron chi connectivity index (χ2n) is 5.64. The molecule has 0 aliphatic carbocycles. The zero-order valence-corrected chi connectivity index (χ0v) is 13.9. The van der Waals surface area contributed by atoms with Gasteiger partial charge in [0.15, 0.2) is 0 Å². The molecule has 108 valence electrons. The van der Waals surface area contributed by atoms with Crippen molar-refractivity contribution in [1.82, 2.24) is 10.2 Å². The van der Waals surface area contributed by atoms with Crippen molar-refractivity contribution in [2.24, 2.45) is 11.8 Å². The number of hydrogen-bond donors (Lipinski definition) is 1. The Morgan fingerprint density at radius 1 is 1.30 bits per heavy atom. The molecule has 1 amide bonds. The highest BCUT2D eigenvalue weighted by molar-refractivity contribution is 9.10. The Bertz CT molecular complexity index is 481. The highest BCUT2D eigenvalue weighted by Gasteiger charge is 2.39. The maximum atomic E-state index is 12.5. The van der Waals surface area contributed by atoms with E-state index in [4.69, 9.17) is 0 Å². The number of nitrogens with zero attached hydrogens (tertiary/aromatic N) is 1. The molecule has 0 bridgehead atoms. The highest BCUT2D eigenvalue weighted by Crippen LogP contribution is 2.30. The van der Waals surface area contributed by atoms with Crippen LogP contribution in [0, 0.1) is 11.8 Å². The number of carbonyl (C=O) groups is 1. The lowest BCUT2D eigenvalue weighted by molar-refractivity contribution is -0.129. The van der Waals surface area contributed by atoms with Crippen molar-refractivity contribution in [1.29, 1.82) is 0 Å². The standard InChI is InChI=1S/C15H19BrN2OS/c1-10(20-14-4-2-13(16)3-5-14)15(19)18-8-11-6-17-7-12(11)9-18/h2-5,10-12,17H,6-9H2,1H3/t10?,11-,12+. The molecule has 1 aromatic rings. The van der Waals surface area contributed by atoms with Crippen LogP contribution >= 0.6 is 27.7 Å². The van der Waals surface area contributed by atoms with Crippen molar-refractivity contribution < 1.29 is 4.79 Å². The highest BCUT2D eigenvalue weighted by atomic mass is 79.9. The van der Waals surface area contributed by atoms with Crippen LogP contribution in [0.4, 0.5) is 0 Å². The topological polar surface area (TPSA) is 32.3 Å². The number of thioether (sulfide) groups is 1. The molecule has 5 heteroatoms. The zero-order chi connectivity index (χ0) is 14.1. The Labute approximate surface area is 132 Å². The lowest BCUT2D eigenvalue weighted by atomic mass is 10.0. The third-order valence-corrected chi connectivity index (χ3v) is 5.80. The first-order chi connectivity index (χ1) is 9.63. The van der Waals surface area contributed by atoms with Gasteiger partial charge in [-0.15, -0.1) is 11.8 Å². The van der Waals surface area contributed by atoms with Crippen molar-refractivity contribution in [3.63, 3.8) is 0 Å². The fourth-order valence-electron chi connectivity index (χ4n) is 3.06. The number of carbonyl (C=O) groups excluding carboxylic acids is 1. The van der Waals surface area contributed by atoms with Gasteiger partial charge >= 0.3 is 0 Å². The number of halogens is 1. The molecular weight excluding hydrogens is 336 g/mol. The maximum Gasteiger partial charge on any atom is 0.235 e. The summed E-state index contributed by atoms with van der Waals surface area (Å²) in [5, 5.41) is 3.40. The maximum absolute atomic E-state index is 12.5. The van der Waals surface area contributed by atoms with E-state index in [2.05, 4.69) is 38.3 Å². The second kappa shape index (κ2) is 6.08. The number of amides is 1. The molecule has 2 heterocycles. The number of benzene rings is 1. The minimum Gasteiger partial charge on any atom is -0.341 e. The van der Waals surface area contributed by atoms with Gasteiger partial charge in [-0.25, -0.2) is 0 Å². The average Bonchev–Trinajstić information content (AvgIpc) is 3.01. The van der Waals surface area contributed by atoms with E-state index in [1.165, 1.54) is 0 Å². The van der Waals surface area contributed by atoms with Crippen LogP contribution in [0.2, 0.25) is 0 Å². The first-order valence-electron chi connectivity index (χ1n) is 7.05. The van der Waals surface area contributed by atoms with Crippen molar-refractivity contribution in [3.8, 4) is 0 Å². The van der Waals surface area contributed by atoms with Crippen LogP contribution in [-0.4, -0.2) is 42.2 Å². The number of hydrogen-bond acceptors (Lipinski definition) is 3. The van der Waals surface area contributed by atoms with Gasteiger partial charge in [0.05, 0.1) is 5.25 Å². The molecule has 2 saturated heterocycles. The van der Waals surface area contributed by atoms with Crippen molar-refractivity contribution in [2.45, 2.75) is 17.1 Å². The second-order valence-corrected chi connectivity index (χ2v) is 7.97. The third kappa shape index (κ3) is 3.05. The molecule has 1 N–H and O–H groups in total. The molecule has 1 aromatic carbocycles. The lowest BCUT2D eigenvalue weighted by Crippen LogP contribution is -2.36. The Kier molecular flexibility index (Phi) is 4.38. The summed E-state index contributed by atoms with van der Waals surface area (Å²) in [6.07, 6.45) is 0. The van der Waals surface area contributed by atoms with Crippen LogP contribution in [0.15, 0.2) is 33.6 Å². The number of likely N-dealkylation sites (tertiary alicyclic amines) is 1. The quantitative estimate of drug-likeness (QED) is 0.846. The molecule has 20 heavy (non-hydrogen) atoms. The summed E-state index contributed by atoms with van der Waals surface area (Å²) < 4.78 is 1.07. The van der Waals surface area contributed by atoms with E-state index in [9.17, 15) is 4.79 Å². The van der Waals surface area contributed by atoms with E-state index in [-0.39, 0.29) is 11.2 Å². The zero-order valence-electron chi connectivity index (χ0n) is 11.5. The fraction of sp³-hybridized carbons (Fsp3) is 0.533. The van der Waals surface area contributed by atoms with Crippen LogP contribution in [0.3, 0.4) is 0 Å².